The lowest BCUT2D eigenvalue weighted by Crippen LogP contribution is -2.44. The molecule has 0 aliphatic carbocycles. The fraction of sp³-hybridized carbons (Fsp3) is 0.333. The number of H-pyrrole nitrogens is 2. The van der Waals surface area contributed by atoms with Crippen LogP contribution < -0.4 is 28.3 Å². The lowest BCUT2D eigenvalue weighted by atomic mass is 10.4. The molecule has 9 nitrogen and oxygen atoms in total. The van der Waals surface area contributed by atoms with Crippen molar-refractivity contribution in [3.8, 4) is 0 Å². The number of hydrazine groups is 1. The van der Waals surface area contributed by atoms with Crippen molar-refractivity contribution in [3.63, 3.8) is 0 Å². The first kappa shape index (κ1) is 10.9. The predicted octanol–water partition coefficient (Wildman–Crippen LogP) is -3.40. The maximum Gasteiger partial charge on any atom is 0.333 e. The maximum absolute atomic E-state index is 11.1. The fourth-order valence-electron chi connectivity index (χ4n) is 0.941. The Morgan fingerprint density at radius 2 is 1.80 bits per heavy atom. The van der Waals surface area contributed by atoms with Crippen molar-refractivity contribution in [2.75, 3.05) is 0 Å². The standard InChI is InChI=1S/C6H9N5O4/c7-10-3(12)1-2-11-5(14)8-4(13)9-6(11)15/h1-2,7H2,(H,10,12)(H2,8,9,13,14,15). The first-order chi connectivity index (χ1) is 7.04. The van der Waals surface area contributed by atoms with E-state index in [1.165, 1.54) is 0 Å². The average Bonchev–Trinajstić information content (AvgIpc) is 2.15. The molecule has 0 aliphatic rings. The highest BCUT2D eigenvalue weighted by molar-refractivity contribution is 5.74. The minimum Gasteiger partial charge on any atom is -0.294 e. The van der Waals surface area contributed by atoms with Crippen LogP contribution in [0.3, 0.4) is 0 Å². The van der Waals surface area contributed by atoms with E-state index in [2.05, 4.69) is 0 Å². The van der Waals surface area contributed by atoms with E-state index in [0.717, 1.165) is 0 Å². The summed E-state index contributed by atoms with van der Waals surface area (Å²) in [5.41, 5.74) is -0.772. The second kappa shape index (κ2) is 4.37. The Balaban J connectivity index is 2.96. The summed E-state index contributed by atoms with van der Waals surface area (Å²) >= 11 is 0. The van der Waals surface area contributed by atoms with Crippen LogP contribution >= 0.6 is 0 Å². The van der Waals surface area contributed by atoms with Crippen LogP contribution in [0.25, 0.3) is 0 Å². The summed E-state index contributed by atoms with van der Waals surface area (Å²) in [4.78, 5) is 47.3. The molecule has 0 saturated carbocycles. The van der Waals surface area contributed by atoms with Crippen LogP contribution in [0.1, 0.15) is 6.42 Å². The van der Waals surface area contributed by atoms with Gasteiger partial charge in [0.25, 0.3) is 0 Å². The Kier molecular flexibility index (Phi) is 3.18. The largest absolute Gasteiger partial charge is 0.333 e. The molecule has 82 valence electrons. The quantitative estimate of drug-likeness (QED) is 0.236. The topological polar surface area (TPSA) is 143 Å². The van der Waals surface area contributed by atoms with Gasteiger partial charge < -0.3 is 0 Å². The third-order valence-corrected chi connectivity index (χ3v) is 1.65. The molecular formula is C6H9N5O4. The molecule has 1 amide bonds. The van der Waals surface area contributed by atoms with Gasteiger partial charge in [-0.15, -0.1) is 0 Å². The molecular weight excluding hydrogens is 206 g/mol. The number of nitrogens with zero attached hydrogens (tertiary/aromatic N) is 1. The van der Waals surface area contributed by atoms with Crippen molar-refractivity contribution >= 4 is 5.91 Å². The van der Waals surface area contributed by atoms with E-state index >= 15 is 0 Å². The molecule has 0 saturated heterocycles. The summed E-state index contributed by atoms with van der Waals surface area (Å²) in [6, 6.07) is 0. The van der Waals surface area contributed by atoms with Crippen molar-refractivity contribution in [2.24, 2.45) is 5.84 Å². The highest BCUT2D eigenvalue weighted by atomic mass is 16.2. The lowest BCUT2D eigenvalue weighted by Gasteiger charge is -2.01. The van der Waals surface area contributed by atoms with Gasteiger partial charge in [0.1, 0.15) is 0 Å². The Morgan fingerprint density at radius 3 is 2.27 bits per heavy atom. The molecule has 1 rings (SSSR count). The van der Waals surface area contributed by atoms with E-state index in [9.17, 15) is 19.2 Å². The molecule has 0 aliphatic heterocycles. The zero-order valence-electron chi connectivity index (χ0n) is 7.57. The molecule has 0 unspecified atom stereocenters. The van der Waals surface area contributed by atoms with Gasteiger partial charge in [-0.25, -0.2) is 24.8 Å². The molecule has 0 aromatic carbocycles. The van der Waals surface area contributed by atoms with Crippen LogP contribution in [0.2, 0.25) is 0 Å². The predicted molar refractivity (Wildman–Crippen MR) is 48.9 cm³/mol. The van der Waals surface area contributed by atoms with Gasteiger partial charge in [-0.1, -0.05) is 0 Å². The monoisotopic (exact) mass is 215 g/mol. The highest BCUT2D eigenvalue weighted by Gasteiger charge is 2.05. The molecule has 9 heteroatoms. The van der Waals surface area contributed by atoms with Gasteiger partial charge in [0.2, 0.25) is 5.91 Å². The number of rotatable bonds is 3. The van der Waals surface area contributed by atoms with Crippen LogP contribution in [-0.4, -0.2) is 20.4 Å². The van der Waals surface area contributed by atoms with Crippen LogP contribution in [0.15, 0.2) is 14.4 Å². The Bertz CT molecular complexity index is 489. The van der Waals surface area contributed by atoms with Gasteiger partial charge >= 0.3 is 17.1 Å². The van der Waals surface area contributed by atoms with Gasteiger partial charge in [-0.05, 0) is 0 Å². The first-order valence-electron chi connectivity index (χ1n) is 3.97. The number of hydrogen-bond donors (Lipinski definition) is 4. The zero-order valence-corrected chi connectivity index (χ0v) is 7.57. The summed E-state index contributed by atoms with van der Waals surface area (Å²) in [6.45, 7) is -0.159. The molecule has 0 spiro atoms. The van der Waals surface area contributed by atoms with Crippen molar-refractivity contribution in [1.82, 2.24) is 20.0 Å². The number of nitrogens with one attached hydrogen (secondary N) is 3. The third-order valence-electron chi connectivity index (χ3n) is 1.65. The number of aromatic amines is 2. The smallest absolute Gasteiger partial charge is 0.294 e. The Hall–Kier alpha value is -2.16. The van der Waals surface area contributed by atoms with E-state index in [-0.39, 0.29) is 13.0 Å². The summed E-state index contributed by atoms with van der Waals surface area (Å²) in [5.74, 6) is 4.28. The molecule has 0 bridgehead atoms. The van der Waals surface area contributed by atoms with Gasteiger partial charge in [0, 0.05) is 13.0 Å². The molecule has 15 heavy (non-hydrogen) atoms. The van der Waals surface area contributed by atoms with Crippen LogP contribution in [0, 0.1) is 0 Å². The van der Waals surface area contributed by atoms with E-state index < -0.39 is 23.0 Å². The first-order valence-corrected chi connectivity index (χ1v) is 3.97. The molecule has 5 N–H and O–H groups in total. The summed E-state index contributed by atoms with van der Waals surface area (Å²) in [5, 5.41) is 0. The van der Waals surface area contributed by atoms with Gasteiger partial charge in [0.15, 0.2) is 0 Å². The zero-order chi connectivity index (χ0) is 11.4. The lowest BCUT2D eigenvalue weighted by molar-refractivity contribution is -0.121. The maximum atomic E-state index is 11.1. The molecule has 0 atom stereocenters. The van der Waals surface area contributed by atoms with E-state index in [0.29, 0.717) is 4.57 Å². The summed E-state index contributed by atoms with van der Waals surface area (Å²) in [6.07, 6.45) is -0.133. The molecule has 0 radical (unpaired) electrons. The normalized spacial score (nSPS) is 9.93. The average molecular weight is 215 g/mol. The minimum absolute atomic E-state index is 0.133. The number of hydrogen-bond acceptors (Lipinski definition) is 5. The summed E-state index contributed by atoms with van der Waals surface area (Å²) < 4.78 is 0.691. The minimum atomic E-state index is -0.885. The van der Waals surface area contributed by atoms with Crippen LogP contribution in [-0.2, 0) is 11.3 Å². The summed E-state index contributed by atoms with van der Waals surface area (Å²) in [7, 11) is 0. The molecule has 0 fully saturated rings. The number of nitrogens with two attached hydrogens (primary N) is 1. The van der Waals surface area contributed by atoms with Gasteiger partial charge in [0.05, 0.1) is 0 Å². The fourth-order valence-corrected chi connectivity index (χ4v) is 0.941. The highest BCUT2D eigenvalue weighted by Crippen LogP contribution is 1.79. The third kappa shape index (κ3) is 2.64. The number of amides is 1. The van der Waals surface area contributed by atoms with E-state index in [4.69, 9.17) is 5.84 Å². The van der Waals surface area contributed by atoms with Gasteiger partial charge in [-0.2, -0.15) is 0 Å². The van der Waals surface area contributed by atoms with Crippen molar-refractivity contribution < 1.29 is 4.79 Å². The molecule has 1 aromatic heterocycles. The van der Waals surface area contributed by atoms with Gasteiger partial charge in [-0.3, -0.25) is 20.2 Å². The second-order valence-electron chi connectivity index (χ2n) is 2.66. The number of aromatic nitrogens is 3. The molecule has 1 heterocycles. The SMILES string of the molecule is NNC(=O)CCn1c(=O)[nH]c(=O)[nH]c1=O. The molecule has 1 aromatic rings. The van der Waals surface area contributed by atoms with Crippen molar-refractivity contribution in [2.45, 2.75) is 13.0 Å². The van der Waals surface area contributed by atoms with E-state index in [1.807, 2.05) is 15.4 Å². The Labute approximate surface area is 81.9 Å². The number of carbonyl (C=O) groups is 1. The van der Waals surface area contributed by atoms with Crippen LogP contribution in [0.5, 0.6) is 0 Å². The van der Waals surface area contributed by atoms with Crippen LogP contribution in [0.4, 0.5) is 0 Å². The van der Waals surface area contributed by atoms with E-state index in [1.54, 1.807) is 0 Å². The number of carbonyl (C=O) groups excluding carboxylic acids is 1. The van der Waals surface area contributed by atoms with Crippen molar-refractivity contribution in [1.29, 1.82) is 0 Å². The van der Waals surface area contributed by atoms with Crippen molar-refractivity contribution in [3.05, 3.63) is 31.5 Å². The Morgan fingerprint density at radius 1 is 1.27 bits per heavy atom. The second-order valence-corrected chi connectivity index (χ2v) is 2.66.